The van der Waals surface area contributed by atoms with E-state index in [0.29, 0.717) is 11.5 Å². The molecule has 0 radical (unpaired) electrons. The van der Waals surface area contributed by atoms with Gasteiger partial charge in [-0.05, 0) is 124 Å². The van der Waals surface area contributed by atoms with Crippen LogP contribution in [0, 0.1) is 44.8 Å². The molecule has 0 amide bonds. The molecule has 1 aromatic rings. The second kappa shape index (κ2) is 9.08. The number of carbonyl (C=O) groups is 1. The summed E-state index contributed by atoms with van der Waals surface area (Å²) < 4.78 is 12.9. The number of aliphatic hydroxyl groups is 3. The number of aliphatic hydroxyl groups excluding tert-OH is 2. The third kappa shape index (κ3) is 3.82. The number of carbonyl (C=O) groups excluding carboxylic acids is 1. The molecule has 6 fully saturated rings. The topological polar surface area (TPSA) is 96.2 Å². The molecule has 7 rings (SSSR count). The maximum atomic E-state index is 13.1. The molecule has 6 nitrogen and oxygen atoms in total. The molecule has 1 heterocycles. The highest BCUT2D eigenvalue weighted by Crippen LogP contribution is 2.89. The Hall–Kier alpha value is -1.47. The van der Waals surface area contributed by atoms with E-state index in [1.165, 1.54) is 0 Å². The number of benzene rings is 1. The molecule has 0 bridgehead atoms. The molecule has 3 N–H and O–H groups in total. The van der Waals surface area contributed by atoms with E-state index < -0.39 is 23.4 Å². The highest BCUT2D eigenvalue weighted by atomic mass is 16.5. The molecule has 43 heavy (non-hydrogen) atoms. The quantitative estimate of drug-likeness (QED) is 0.354. The fraction of sp³-hybridized carbons (Fsp3) is 0.811. The molecule has 6 heteroatoms. The molecular weight excluding hydrogens is 540 g/mol. The summed E-state index contributed by atoms with van der Waals surface area (Å²) in [5, 5.41) is 34.8. The van der Waals surface area contributed by atoms with Gasteiger partial charge in [0.1, 0.15) is 6.10 Å². The Kier molecular flexibility index (Phi) is 6.37. The Morgan fingerprint density at radius 1 is 0.884 bits per heavy atom. The molecule has 238 valence electrons. The van der Waals surface area contributed by atoms with E-state index in [4.69, 9.17) is 9.47 Å². The zero-order chi connectivity index (χ0) is 31.0. The van der Waals surface area contributed by atoms with Gasteiger partial charge >= 0.3 is 5.97 Å². The molecule has 2 spiro atoms. The van der Waals surface area contributed by atoms with Crippen molar-refractivity contribution in [1.82, 2.24) is 0 Å². The van der Waals surface area contributed by atoms with Gasteiger partial charge in [0.2, 0.25) is 0 Å². The Morgan fingerprint density at radius 3 is 2.23 bits per heavy atom. The zero-order valence-corrected chi connectivity index (χ0v) is 27.4. The van der Waals surface area contributed by atoms with Gasteiger partial charge in [-0.3, -0.25) is 0 Å². The first-order valence-electron chi connectivity index (χ1n) is 17.0. The summed E-state index contributed by atoms with van der Waals surface area (Å²) in [5.41, 5.74) is -1.18. The van der Waals surface area contributed by atoms with Crippen molar-refractivity contribution in [2.75, 3.05) is 0 Å². The summed E-state index contributed by atoms with van der Waals surface area (Å²) >= 11 is 0. The van der Waals surface area contributed by atoms with Crippen molar-refractivity contribution in [3.8, 4) is 0 Å². The summed E-state index contributed by atoms with van der Waals surface area (Å²) in [6.07, 6.45) is 6.83. The van der Waals surface area contributed by atoms with E-state index in [1.54, 1.807) is 12.1 Å². The smallest absolute Gasteiger partial charge is 0.338 e. The Morgan fingerprint density at radius 2 is 1.58 bits per heavy atom. The van der Waals surface area contributed by atoms with Crippen molar-refractivity contribution in [3.63, 3.8) is 0 Å². The molecule has 2 unspecified atom stereocenters. The number of hydrogen-bond donors (Lipinski definition) is 3. The van der Waals surface area contributed by atoms with Crippen LogP contribution in [-0.2, 0) is 9.47 Å². The van der Waals surface area contributed by atoms with E-state index >= 15 is 0 Å². The third-order valence-corrected chi connectivity index (χ3v) is 15.0. The predicted octanol–water partition coefficient (Wildman–Crippen LogP) is 6.30. The van der Waals surface area contributed by atoms with Crippen LogP contribution in [0.25, 0.3) is 0 Å². The Bertz CT molecular complexity index is 1290. The van der Waals surface area contributed by atoms with Crippen LogP contribution in [-0.4, -0.2) is 56.9 Å². The number of rotatable bonds is 4. The summed E-state index contributed by atoms with van der Waals surface area (Å²) in [6, 6.07) is 9.25. The lowest BCUT2D eigenvalue weighted by atomic mass is 9.41. The normalized spacial score (nSPS) is 51.5. The van der Waals surface area contributed by atoms with Crippen LogP contribution in [0.5, 0.6) is 0 Å². The van der Waals surface area contributed by atoms with Crippen LogP contribution in [0.15, 0.2) is 30.3 Å². The number of ether oxygens (including phenoxy) is 2. The lowest BCUT2D eigenvalue weighted by molar-refractivity contribution is -0.213. The number of esters is 1. The van der Waals surface area contributed by atoms with E-state index in [2.05, 4.69) is 34.6 Å². The van der Waals surface area contributed by atoms with E-state index in [-0.39, 0.29) is 57.1 Å². The van der Waals surface area contributed by atoms with Crippen LogP contribution < -0.4 is 0 Å². The molecule has 1 aromatic carbocycles. The van der Waals surface area contributed by atoms with Gasteiger partial charge in [-0.2, -0.15) is 0 Å². The average Bonchev–Trinajstić information content (AvgIpc) is 3.27. The Balaban J connectivity index is 1.17. The van der Waals surface area contributed by atoms with Gasteiger partial charge in [-0.25, -0.2) is 4.79 Å². The Labute approximate surface area is 257 Å². The second-order valence-corrected chi connectivity index (χ2v) is 17.6. The monoisotopic (exact) mass is 594 g/mol. The van der Waals surface area contributed by atoms with Crippen molar-refractivity contribution in [2.45, 2.75) is 142 Å². The first-order chi connectivity index (χ1) is 20.0. The van der Waals surface area contributed by atoms with Gasteiger partial charge in [-0.15, -0.1) is 0 Å². The third-order valence-electron chi connectivity index (χ3n) is 15.0. The van der Waals surface area contributed by atoms with E-state index in [9.17, 15) is 20.1 Å². The number of hydrogen-bond acceptors (Lipinski definition) is 6. The zero-order valence-electron chi connectivity index (χ0n) is 27.4. The molecule has 1 aliphatic heterocycles. The van der Waals surface area contributed by atoms with Crippen molar-refractivity contribution >= 4 is 5.97 Å². The van der Waals surface area contributed by atoms with Crippen LogP contribution >= 0.6 is 0 Å². The van der Waals surface area contributed by atoms with Gasteiger partial charge < -0.3 is 24.8 Å². The molecule has 0 aromatic heterocycles. The summed E-state index contributed by atoms with van der Waals surface area (Å²) in [5.74, 6) is 0.129. The highest BCUT2D eigenvalue weighted by Gasteiger charge is 2.85. The fourth-order valence-electron chi connectivity index (χ4n) is 13.1. The largest absolute Gasteiger partial charge is 0.458 e. The predicted molar refractivity (Wildman–Crippen MR) is 164 cm³/mol. The minimum absolute atomic E-state index is 0.0103. The highest BCUT2D eigenvalue weighted by molar-refractivity contribution is 5.89. The van der Waals surface area contributed by atoms with Crippen LogP contribution in [0.2, 0.25) is 0 Å². The molecule has 12 atom stereocenters. The molecule has 1 saturated heterocycles. The van der Waals surface area contributed by atoms with Crippen molar-refractivity contribution in [3.05, 3.63) is 35.9 Å². The minimum atomic E-state index is -0.911. The first-order valence-corrected chi connectivity index (χ1v) is 17.0. The van der Waals surface area contributed by atoms with E-state index in [1.807, 2.05) is 32.0 Å². The van der Waals surface area contributed by atoms with Crippen molar-refractivity contribution in [2.24, 2.45) is 44.8 Å². The maximum absolute atomic E-state index is 13.1. The van der Waals surface area contributed by atoms with Gasteiger partial charge in [0.15, 0.2) is 0 Å². The second-order valence-electron chi connectivity index (χ2n) is 17.6. The summed E-state index contributed by atoms with van der Waals surface area (Å²) in [7, 11) is 0. The van der Waals surface area contributed by atoms with Crippen LogP contribution in [0.4, 0.5) is 0 Å². The molecular formula is C37H54O6. The molecule has 5 aliphatic carbocycles. The van der Waals surface area contributed by atoms with Crippen LogP contribution in [0.1, 0.15) is 117 Å². The SMILES string of the molecule is CC(C)(O)[C@@H]1CC[C@](C)([C@H]2[C@@H](O)C[C@@]3(C)C4C[C@H](O)[C@H]5C(C)(C)[C@@H](OC(=O)c6ccccc6)CC[C@@]56CC46CC[C@]23C)O1. The van der Waals surface area contributed by atoms with Gasteiger partial charge in [0.25, 0.3) is 0 Å². The minimum Gasteiger partial charge on any atom is -0.458 e. The van der Waals surface area contributed by atoms with Gasteiger partial charge in [0, 0.05) is 11.3 Å². The standard InChI is InChI=1S/C37H54O6/c1-31(2)26(42-30(40)22-11-9-8-10-12-22)14-16-37-21-36(37)18-17-33(5)29(35(7)15-13-27(43-35)32(3,4)41)24(39)20-34(33,6)25(36)19-23(38)28(31)37/h8-12,23-29,38-39,41H,13-21H2,1-7H3/t23-,24-,25?,26-,27-,28-,29-,33+,34-,35+,36?,37+/m0/s1. The van der Waals surface area contributed by atoms with Gasteiger partial charge in [-0.1, -0.05) is 45.9 Å². The number of fused-ring (bicyclic) bond motifs is 2. The molecule has 6 aliphatic rings. The van der Waals surface area contributed by atoms with E-state index in [0.717, 1.165) is 57.8 Å². The van der Waals surface area contributed by atoms with Crippen molar-refractivity contribution < 1.29 is 29.6 Å². The maximum Gasteiger partial charge on any atom is 0.338 e. The van der Waals surface area contributed by atoms with Crippen molar-refractivity contribution in [1.29, 1.82) is 0 Å². The average molecular weight is 595 g/mol. The molecule has 5 saturated carbocycles. The summed E-state index contributed by atoms with van der Waals surface area (Å²) in [6.45, 7) is 15.1. The van der Waals surface area contributed by atoms with Crippen LogP contribution in [0.3, 0.4) is 0 Å². The first kappa shape index (κ1) is 30.2. The lowest BCUT2D eigenvalue weighted by Crippen LogP contribution is -2.62. The fourth-order valence-corrected chi connectivity index (χ4v) is 13.1. The lowest BCUT2D eigenvalue weighted by Gasteiger charge is -2.64. The van der Waals surface area contributed by atoms with Gasteiger partial charge in [0.05, 0.1) is 35.1 Å². The summed E-state index contributed by atoms with van der Waals surface area (Å²) in [4.78, 5) is 13.1.